The average molecular weight is 525 g/mol. The van der Waals surface area contributed by atoms with Crippen LogP contribution in [0.4, 0.5) is 5.69 Å². The van der Waals surface area contributed by atoms with Crippen molar-refractivity contribution in [2.45, 2.75) is 70.7 Å². The zero-order valence-corrected chi connectivity index (χ0v) is 23.1. The van der Waals surface area contributed by atoms with E-state index in [9.17, 15) is 19.5 Å². The average Bonchev–Trinajstić information content (AvgIpc) is 3.39. The first-order valence-electron chi connectivity index (χ1n) is 13.4. The van der Waals surface area contributed by atoms with E-state index in [0.29, 0.717) is 12.8 Å². The minimum Gasteiger partial charge on any atom is -0.461 e. The molecule has 3 fully saturated rings. The van der Waals surface area contributed by atoms with Gasteiger partial charge in [-0.2, -0.15) is 0 Å². The summed E-state index contributed by atoms with van der Waals surface area (Å²) in [6.45, 7) is 17.0. The van der Waals surface area contributed by atoms with E-state index in [4.69, 9.17) is 9.47 Å². The van der Waals surface area contributed by atoms with Gasteiger partial charge >= 0.3 is 5.97 Å². The van der Waals surface area contributed by atoms with Gasteiger partial charge in [0.15, 0.2) is 0 Å². The summed E-state index contributed by atoms with van der Waals surface area (Å²) < 4.78 is 12.2. The number of hydrogen-bond donors (Lipinski definition) is 1. The number of benzene rings is 1. The third kappa shape index (κ3) is 3.92. The lowest BCUT2D eigenvalue weighted by Gasteiger charge is -2.40. The van der Waals surface area contributed by atoms with Crippen LogP contribution in [0.1, 0.15) is 44.7 Å². The van der Waals surface area contributed by atoms with Crippen LogP contribution in [0.15, 0.2) is 43.5 Å². The Morgan fingerprint density at radius 1 is 1.29 bits per heavy atom. The highest BCUT2D eigenvalue weighted by Crippen LogP contribution is 2.65. The SMILES string of the molecule is C=CCOC(=O)[C@H]1[C@H]2C(=O)N([C@@H](CC)CO)C(C(=O)N(CC=C)c3c(C)cccc3C)C23CC(C)[C@]1(C)O3. The van der Waals surface area contributed by atoms with Crippen molar-refractivity contribution < 1.29 is 29.0 Å². The Kier molecular flexibility index (Phi) is 7.60. The number of carbonyl (C=O) groups is 3. The van der Waals surface area contributed by atoms with Gasteiger partial charge in [0.1, 0.15) is 24.2 Å². The van der Waals surface area contributed by atoms with Crippen LogP contribution in [-0.4, -0.2) is 70.8 Å². The lowest BCUT2D eigenvalue weighted by molar-refractivity contribution is -0.161. The third-order valence-corrected chi connectivity index (χ3v) is 8.95. The summed E-state index contributed by atoms with van der Waals surface area (Å²) >= 11 is 0. The molecule has 8 nitrogen and oxygen atoms in total. The highest BCUT2D eigenvalue weighted by molar-refractivity contribution is 6.05. The summed E-state index contributed by atoms with van der Waals surface area (Å²) in [6.07, 6.45) is 4.03. The van der Waals surface area contributed by atoms with E-state index < -0.39 is 41.1 Å². The van der Waals surface area contributed by atoms with Crippen LogP contribution in [0.2, 0.25) is 0 Å². The van der Waals surface area contributed by atoms with E-state index in [1.165, 1.54) is 11.0 Å². The molecule has 1 aromatic rings. The number of likely N-dealkylation sites (tertiary alicyclic amines) is 1. The molecule has 3 heterocycles. The van der Waals surface area contributed by atoms with Gasteiger partial charge < -0.3 is 24.4 Å². The topological polar surface area (TPSA) is 96.4 Å². The van der Waals surface area contributed by atoms with E-state index >= 15 is 0 Å². The standard InChI is InChI=1S/C30H40N2O6/c1-8-14-31(24-18(4)12-11-13-19(24)5)27(35)25-30-16-20(6)29(7,38-30)23(28(36)37-15-9-2)22(30)26(34)32(25)21(10-3)17-33/h8-9,11-13,20-23,25,33H,1-2,10,14-17H2,3-7H3/t20?,21-,22-,23+,25?,29-,30?/m0/s1. The molecule has 8 heteroatoms. The fourth-order valence-electron chi connectivity index (χ4n) is 7.15. The second kappa shape index (κ2) is 10.3. The van der Waals surface area contributed by atoms with Crippen LogP contribution >= 0.6 is 0 Å². The number of hydrogen-bond acceptors (Lipinski definition) is 6. The fraction of sp³-hybridized carbons (Fsp3) is 0.567. The zero-order chi connectivity index (χ0) is 28.0. The normalized spacial score (nSPS) is 32.2. The van der Waals surface area contributed by atoms with Crippen molar-refractivity contribution in [1.82, 2.24) is 4.90 Å². The van der Waals surface area contributed by atoms with E-state index in [1.54, 1.807) is 11.0 Å². The number of aliphatic hydroxyl groups is 1. The Balaban J connectivity index is 1.90. The van der Waals surface area contributed by atoms with Crippen LogP contribution < -0.4 is 4.90 Å². The van der Waals surface area contributed by atoms with Crippen molar-refractivity contribution in [2.24, 2.45) is 17.8 Å². The van der Waals surface area contributed by atoms with Gasteiger partial charge in [-0.1, -0.05) is 50.8 Å². The number of aryl methyl sites for hydroxylation is 2. The van der Waals surface area contributed by atoms with Crippen LogP contribution in [0.3, 0.4) is 0 Å². The fourth-order valence-corrected chi connectivity index (χ4v) is 7.15. The lowest BCUT2D eigenvalue weighted by Crippen LogP contribution is -2.59. The van der Waals surface area contributed by atoms with Crippen molar-refractivity contribution in [3.05, 3.63) is 54.6 Å². The number of amides is 2. The largest absolute Gasteiger partial charge is 0.461 e. The van der Waals surface area contributed by atoms with E-state index in [2.05, 4.69) is 13.2 Å². The molecule has 3 saturated heterocycles. The minimum atomic E-state index is -1.22. The Morgan fingerprint density at radius 2 is 1.95 bits per heavy atom. The summed E-state index contributed by atoms with van der Waals surface area (Å²) in [4.78, 5) is 45.5. The maximum atomic E-state index is 14.7. The van der Waals surface area contributed by atoms with Gasteiger partial charge in [-0.3, -0.25) is 14.4 Å². The number of esters is 1. The number of anilines is 1. The van der Waals surface area contributed by atoms with Crippen LogP contribution in [-0.2, 0) is 23.9 Å². The Morgan fingerprint density at radius 3 is 2.50 bits per heavy atom. The molecule has 2 amide bonds. The predicted octanol–water partition coefficient (Wildman–Crippen LogP) is 3.33. The molecule has 1 aromatic carbocycles. The van der Waals surface area contributed by atoms with Crippen molar-refractivity contribution in [3.8, 4) is 0 Å². The number of rotatable bonds is 10. The molecule has 0 aromatic heterocycles. The van der Waals surface area contributed by atoms with Gasteiger partial charge in [0.25, 0.3) is 5.91 Å². The maximum absolute atomic E-state index is 14.7. The number of nitrogens with zero attached hydrogens (tertiary/aromatic N) is 2. The third-order valence-electron chi connectivity index (χ3n) is 8.95. The molecular formula is C30H40N2O6. The second-order valence-corrected chi connectivity index (χ2v) is 11.1. The lowest BCUT2D eigenvalue weighted by atomic mass is 9.62. The second-order valence-electron chi connectivity index (χ2n) is 11.1. The highest BCUT2D eigenvalue weighted by atomic mass is 16.6. The number of para-hydroxylation sites is 1. The molecule has 7 atom stereocenters. The summed E-state index contributed by atoms with van der Waals surface area (Å²) in [5.41, 5.74) is 0.407. The molecule has 0 aliphatic carbocycles. The molecule has 3 unspecified atom stereocenters. The predicted molar refractivity (Wildman–Crippen MR) is 144 cm³/mol. The maximum Gasteiger partial charge on any atom is 0.313 e. The van der Waals surface area contributed by atoms with Gasteiger partial charge in [-0.15, -0.1) is 6.58 Å². The van der Waals surface area contributed by atoms with Gasteiger partial charge in [-0.25, -0.2) is 0 Å². The van der Waals surface area contributed by atoms with Gasteiger partial charge in [0, 0.05) is 12.2 Å². The van der Waals surface area contributed by atoms with Crippen LogP contribution in [0, 0.1) is 31.6 Å². The van der Waals surface area contributed by atoms with Crippen molar-refractivity contribution in [1.29, 1.82) is 0 Å². The number of carbonyl (C=O) groups excluding carboxylic acids is 3. The van der Waals surface area contributed by atoms with Gasteiger partial charge in [0.05, 0.1) is 24.2 Å². The molecule has 38 heavy (non-hydrogen) atoms. The summed E-state index contributed by atoms with van der Waals surface area (Å²) in [6, 6.07) is 4.21. The Bertz CT molecular complexity index is 1130. The molecule has 3 aliphatic rings. The van der Waals surface area contributed by atoms with Crippen LogP contribution in [0.25, 0.3) is 0 Å². The quantitative estimate of drug-likeness (QED) is 0.373. The first-order chi connectivity index (χ1) is 18.0. The molecule has 1 N–H and O–H groups in total. The summed E-state index contributed by atoms with van der Waals surface area (Å²) in [5, 5.41) is 10.3. The highest BCUT2D eigenvalue weighted by Gasteiger charge is 2.80. The zero-order valence-electron chi connectivity index (χ0n) is 23.1. The van der Waals surface area contributed by atoms with Gasteiger partial charge in [0.2, 0.25) is 5.91 Å². The molecule has 2 bridgehead atoms. The molecule has 1 spiro atoms. The van der Waals surface area contributed by atoms with Crippen molar-refractivity contribution >= 4 is 23.5 Å². The summed E-state index contributed by atoms with van der Waals surface area (Å²) in [7, 11) is 0. The molecule has 0 saturated carbocycles. The molecule has 3 aliphatic heterocycles. The smallest absolute Gasteiger partial charge is 0.313 e. The van der Waals surface area contributed by atoms with E-state index in [-0.39, 0.29) is 37.5 Å². The van der Waals surface area contributed by atoms with E-state index in [1.807, 2.05) is 52.8 Å². The Hall–Kier alpha value is -2.97. The van der Waals surface area contributed by atoms with Crippen molar-refractivity contribution in [2.75, 3.05) is 24.7 Å². The van der Waals surface area contributed by atoms with Crippen molar-refractivity contribution in [3.63, 3.8) is 0 Å². The molecule has 206 valence electrons. The molecular weight excluding hydrogens is 484 g/mol. The molecule has 0 radical (unpaired) electrons. The van der Waals surface area contributed by atoms with Gasteiger partial charge in [-0.05, 0) is 50.7 Å². The Labute approximate surface area is 225 Å². The first-order valence-corrected chi connectivity index (χ1v) is 13.4. The van der Waals surface area contributed by atoms with E-state index in [0.717, 1.165) is 16.8 Å². The van der Waals surface area contributed by atoms with Crippen LogP contribution in [0.5, 0.6) is 0 Å². The summed E-state index contributed by atoms with van der Waals surface area (Å²) in [5.74, 6) is -3.04. The molecule has 4 rings (SSSR count). The minimum absolute atomic E-state index is 0.0215. The number of aliphatic hydroxyl groups excluding tert-OH is 1. The number of ether oxygens (including phenoxy) is 2. The first kappa shape index (κ1) is 28.0. The number of fused-ring (bicyclic) bond motifs is 1. The monoisotopic (exact) mass is 524 g/mol.